The van der Waals surface area contributed by atoms with Crippen molar-refractivity contribution in [3.63, 3.8) is 0 Å². The molecular weight excluding hydrogens is 268 g/mol. The summed E-state index contributed by atoms with van der Waals surface area (Å²) in [5.41, 5.74) is 0.566. The van der Waals surface area contributed by atoms with Gasteiger partial charge in [-0.15, -0.1) is 0 Å². The van der Waals surface area contributed by atoms with Crippen molar-refractivity contribution in [1.29, 1.82) is 0 Å². The van der Waals surface area contributed by atoms with Crippen molar-refractivity contribution in [2.24, 2.45) is 0 Å². The standard InChI is InChI=1S/C14H20N6O/c1-2-7-15-12-6-5-11(9-17-12)14(21)16-8-3-4-13-18-10-19-20-13/h5-6,9-10H,2-4,7-8H2,1H3,(H,15,17)(H,16,21)(H,18,19,20). The highest BCUT2D eigenvalue weighted by atomic mass is 16.1. The van der Waals surface area contributed by atoms with Gasteiger partial charge in [-0.05, 0) is 25.0 Å². The van der Waals surface area contributed by atoms with Gasteiger partial charge in [0.05, 0.1) is 5.56 Å². The van der Waals surface area contributed by atoms with Crippen molar-refractivity contribution in [3.05, 3.63) is 36.0 Å². The second kappa shape index (κ2) is 7.98. The molecule has 21 heavy (non-hydrogen) atoms. The number of rotatable bonds is 8. The summed E-state index contributed by atoms with van der Waals surface area (Å²) in [7, 11) is 0. The minimum atomic E-state index is -0.109. The van der Waals surface area contributed by atoms with E-state index < -0.39 is 0 Å². The molecule has 0 aliphatic carbocycles. The second-order valence-corrected chi connectivity index (χ2v) is 4.65. The lowest BCUT2D eigenvalue weighted by atomic mass is 10.2. The number of carbonyl (C=O) groups excluding carboxylic acids is 1. The molecule has 0 unspecified atom stereocenters. The molecule has 2 aromatic heterocycles. The van der Waals surface area contributed by atoms with Gasteiger partial charge in [-0.1, -0.05) is 6.92 Å². The fourth-order valence-corrected chi connectivity index (χ4v) is 1.80. The number of amides is 1. The first-order chi connectivity index (χ1) is 10.3. The number of hydrogen-bond donors (Lipinski definition) is 3. The topological polar surface area (TPSA) is 95.6 Å². The van der Waals surface area contributed by atoms with Crippen LogP contribution in [0.5, 0.6) is 0 Å². The van der Waals surface area contributed by atoms with Crippen LogP contribution in [0.15, 0.2) is 24.7 Å². The predicted octanol–water partition coefficient (Wildman–Crippen LogP) is 1.38. The summed E-state index contributed by atoms with van der Waals surface area (Å²) in [5, 5.41) is 12.6. The van der Waals surface area contributed by atoms with Crippen molar-refractivity contribution < 1.29 is 4.79 Å². The molecule has 2 aromatic rings. The zero-order valence-electron chi connectivity index (χ0n) is 12.1. The van der Waals surface area contributed by atoms with E-state index >= 15 is 0 Å². The van der Waals surface area contributed by atoms with Crippen LogP contribution in [-0.2, 0) is 6.42 Å². The molecule has 0 aliphatic rings. The number of nitrogens with zero attached hydrogens (tertiary/aromatic N) is 3. The van der Waals surface area contributed by atoms with Crippen molar-refractivity contribution >= 4 is 11.7 Å². The van der Waals surface area contributed by atoms with Crippen molar-refractivity contribution in [2.75, 3.05) is 18.4 Å². The molecule has 7 heteroatoms. The molecule has 0 atom stereocenters. The van der Waals surface area contributed by atoms with Gasteiger partial charge in [0.2, 0.25) is 0 Å². The molecule has 1 amide bonds. The number of nitrogens with one attached hydrogen (secondary N) is 3. The molecule has 7 nitrogen and oxygen atoms in total. The Kier molecular flexibility index (Phi) is 5.69. The third-order valence-corrected chi connectivity index (χ3v) is 2.92. The Balaban J connectivity index is 1.72. The zero-order valence-corrected chi connectivity index (χ0v) is 12.1. The molecule has 0 aromatic carbocycles. The molecule has 0 fully saturated rings. The van der Waals surface area contributed by atoms with E-state index in [0.29, 0.717) is 12.1 Å². The molecule has 2 heterocycles. The van der Waals surface area contributed by atoms with Gasteiger partial charge in [0.1, 0.15) is 18.0 Å². The number of aryl methyl sites for hydroxylation is 1. The van der Waals surface area contributed by atoms with E-state index in [1.165, 1.54) is 6.33 Å². The lowest BCUT2D eigenvalue weighted by Crippen LogP contribution is -2.25. The Morgan fingerprint density at radius 2 is 2.19 bits per heavy atom. The van der Waals surface area contributed by atoms with Gasteiger partial charge in [-0.2, -0.15) is 5.10 Å². The summed E-state index contributed by atoms with van der Waals surface area (Å²) in [6.07, 6.45) is 5.68. The second-order valence-electron chi connectivity index (χ2n) is 4.65. The van der Waals surface area contributed by atoms with Crippen LogP contribution in [0.1, 0.15) is 35.9 Å². The molecule has 0 aliphatic heterocycles. The molecule has 0 radical (unpaired) electrons. The summed E-state index contributed by atoms with van der Waals surface area (Å²) in [4.78, 5) is 20.2. The number of carbonyl (C=O) groups is 1. The monoisotopic (exact) mass is 288 g/mol. The molecule has 2 rings (SSSR count). The average Bonchev–Trinajstić information content (AvgIpc) is 3.03. The van der Waals surface area contributed by atoms with Crippen LogP contribution in [0.25, 0.3) is 0 Å². The van der Waals surface area contributed by atoms with Gasteiger partial charge >= 0.3 is 0 Å². The number of H-pyrrole nitrogens is 1. The Morgan fingerprint density at radius 1 is 1.29 bits per heavy atom. The minimum Gasteiger partial charge on any atom is -0.370 e. The van der Waals surface area contributed by atoms with Crippen LogP contribution in [0, 0.1) is 0 Å². The minimum absolute atomic E-state index is 0.109. The normalized spacial score (nSPS) is 10.3. The first-order valence-electron chi connectivity index (χ1n) is 7.12. The summed E-state index contributed by atoms with van der Waals surface area (Å²) in [6, 6.07) is 3.59. The fraction of sp³-hybridized carbons (Fsp3) is 0.429. The Morgan fingerprint density at radius 3 is 2.86 bits per heavy atom. The van der Waals surface area contributed by atoms with Crippen LogP contribution in [0.2, 0.25) is 0 Å². The van der Waals surface area contributed by atoms with E-state index in [0.717, 1.165) is 37.4 Å². The van der Waals surface area contributed by atoms with Gasteiger partial charge in [0.15, 0.2) is 0 Å². The average molecular weight is 288 g/mol. The van der Waals surface area contributed by atoms with E-state index in [2.05, 4.69) is 37.7 Å². The first-order valence-corrected chi connectivity index (χ1v) is 7.12. The third-order valence-electron chi connectivity index (χ3n) is 2.92. The maximum atomic E-state index is 11.9. The molecule has 0 bridgehead atoms. The number of pyridine rings is 1. The van der Waals surface area contributed by atoms with Gasteiger partial charge in [-0.3, -0.25) is 9.89 Å². The molecule has 112 valence electrons. The Bertz CT molecular complexity index is 537. The first kappa shape index (κ1) is 15.0. The summed E-state index contributed by atoms with van der Waals surface area (Å²) >= 11 is 0. The summed E-state index contributed by atoms with van der Waals surface area (Å²) in [6.45, 7) is 3.56. The third kappa shape index (κ3) is 4.87. The van der Waals surface area contributed by atoms with Crippen LogP contribution in [0.3, 0.4) is 0 Å². The molecule has 0 spiro atoms. The van der Waals surface area contributed by atoms with E-state index in [1.54, 1.807) is 12.3 Å². The van der Waals surface area contributed by atoms with Crippen LogP contribution in [-0.4, -0.2) is 39.2 Å². The molecule has 0 saturated heterocycles. The van der Waals surface area contributed by atoms with Gasteiger partial charge in [-0.25, -0.2) is 9.97 Å². The van der Waals surface area contributed by atoms with Gasteiger partial charge in [0, 0.05) is 25.7 Å². The van der Waals surface area contributed by atoms with Crippen LogP contribution >= 0.6 is 0 Å². The largest absolute Gasteiger partial charge is 0.370 e. The van der Waals surface area contributed by atoms with Crippen LogP contribution in [0.4, 0.5) is 5.82 Å². The molecular formula is C14H20N6O. The zero-order chi connectivity index (χ0) is 14.9. The molecule has 3 N–H and O–H groups in total. The Labute approximate surface area is 123 Å². The van der Waals surface area contributed by atoms with E-state index in [-0.39, 0.29) is 5.91 Å². The van der Waals surface area contributed by atoms with Crippen molar-refractivity contribution in [3.8, 4) is 0 Å². The van der Waals surface area contributed by atoms with Crippen LogP contribution < -0.4 is 10.6 Å². The fourth-order valence-electron chi connectivity index (χ4n) is 1.80. The predicted molar refractivity (Wildman–Crippen MR) is 80.1 cm³/mol. The highest BCUT2D eigenvalue weighted by molar-refractivity contribution is 5.94. The van der Waals surface area contributed by atoms with Gasteiger partial charge in [0.25, 0.3) is 5.91 Å². The number of aromatic amines is 1. The summed E-state index contributed by atoms with van der Waals surface area (Å²) < 4.78 is 0. The quantitative estimate of drug-likeness (QED) is 0.638. The number of anilines is 1. The van der Waals surface area contributed by atoms with Crippen molar-refractivity contribution in [2.45, 2.75) is 26.2 Å². The Hall–Kier alpha value is -2.44. The maximum Gasteiger partial charge on any atom is 0.252 e. The van der Waals surface area contributed by atoms with E-state index in [4.69, 9.17) is 0 Å². The lowest BCUT2D eigenvalue weighted by Gasteiger charge is -2.06. The maximum absolute atomic E-state index is 11.9. The van der Waals surface area contributed by atoms with Crippen molar-refractivity contribution in [1.82, 2.24) is 25.5 Å². The summed E-state index contributed by atoms with van der Waals surface area (Å²) in [5.74, 6) is 1.51. The SMILES string of the molecule is CCCNc1ccc(C(=O)NCCCc2ncn[nH]2)cn1. The van der Waals surface area contributed by atoms with E-state index in [1.807, 2.05) is 6.07 Å². The lowest BCUT2D eigenvalue weighted by molar-refractivity contribution is 0.0953. The number of aromatic nitrogens is 4. The van der Waals surface area contributed by atoms with E-state index in [9.17, 15) is 4.79 Å². The highest BCUT2D eigenvalue weighted by Gasteiger charge is 2.05. The molecule has 0 saturated carbocycles. The van der Waals surface area contributed by atoms with Gasteiger partial charge < -0.3 is 10.6 Å². The highest BCUT2D eigenvalue weighted by Crippen LogP contribution is 2.05. The smallest absolute Gasteiger partial charge is 0.252 e. The number of hydrogen-bond acceptors (Lipinski definition) is 5.